The summed E-state index contributed by atoms with van der Waals surface area (Å²) in [5.41, 5.74) is 0. The maximum Gasteiger partial charge on any atom is 0.313 e. The molecule has 1 saturated heterocycles. The minimum atomic E-state index is -0.440. The van der Waals surface area contributed by atoms with Gasteiger partial charge in [-0.05, 0) is 20.3 Å². The number of carbonyl (C=O) groups excluding carboxylic acids is 3. The van der Waals surface area contributed by atoms with E-state index in [2.05, 4.69) is 9.47 Å². The van der Waals surface area contributed by atoms with Gasteiger partial charge in [-0.3, -0.25) is 14.4 Å². The second kappa shape index (κ2) is 7.96. The van der Waals surface area contributed by atoms with Gasteiger partial charge in [-0.25, -0.2) is 0 Å². The predicted molar refractivity (Wildman–Crippen MR) is 52.1 cm³/mol. The summed E-state index contributed by atoms with van der Waals surface area (Å²) < 4.78 is 9.01. The van der Waals surface area contributed by atoms with Gasteiger partial charge in [-0.1, -0.05) is 0 Å². The third-order valence-electron chi connectivity index (χ3n) is 1.49. The van der Waals surface area contributed by atoms with Crippen LogP contribution >= 0.6 is 0 Å². The van der Waals surface area contributed by atoms with Gasteiger partial charge in [0.25, 0.3) is 0 Å². The van der Waals surface area contributed by atoms with E-state index in [4.69, 9.17) is 0 Å². The summed E-state index contributed by atoms with van der Waals surface area (Å²) in [7, 11) is 0. The highest BCUT2D eigenvalue weighted by molar-refractivity contribution is 5.94. The van der Waals surface area contributed by atoms with Gasteiger partial charge >= 0.3 is 11.9 Å². The maximum atomic E-state index is 10.4. The van der Waals surface area contributed by atoms with E-state index < -0.39 is 5.97 Å². The summed E-state index contributed by atoms with van der Waals surface area (Å²) in [6, 6.07) is 0. The van der Waals surface area contributed by atoms with Gasteiger partial charge in [0.2, 0.25) is 0 Å². The van der Waals surface area contributed by atoms with Gasteiger partial charge in [0.05, 0.1) is 13.2 Å². The molecule has 0 aliphatic carbocycles. The van der Waals surface area contributed by atoms with Crippen molar-refractivity contribution in [2.24, 2.45) is 0 Å². The molecule has 0 bridgehead atoms. The van der Waals surface area contributed by atoms with Gasteiger partial charge in [-0.15, -0.1) is 0 Å². The topological polar surface area (TPSA) is 69.7 Å². The fraction of sp³-hybridized carbons (Fsp3) is 0.700. The van der Waals surface area contributed by atoms with Crippen molar-refractivity contribution in [2.45, 2.75) is 33.1 Å². The van der Waals surface area contributed by atoms with E-state index in [1.165, 1.54) is 6.92 Å². The molecule has 1 heterocycles. The first kappa shape index (κ1) is 13.6. The van der Waals surface area contributed by atoms with E-state index in [0.717, 1.165) is 6.42 Å². The van der Waals surface area contributed by atoms with Crippen molar-refractivity contribution in [1.29, 1.82) is 0 Å². The number of Topliss-reactive ketones (excluding diaryl/α,β-unsaturated/α-hetero) is 1. The summed E-state index contributed by atoms with van der Waals surface area (Å²) >= 11 is 0. The summed E-state index contributed by atoms with van der Waals surface area (Å²) in [6.45, 7) is 4.04. The normalized spacial score (nSPS) is 13.6. The van der Waals surface area contributed by atoms with E-state index in [0.29, 0.717) is 19.6 Å². The Bertz CT molecular complexity index is 226. The first-order valence-corrected chi connectivity index (χ1v) is 4.87. The molecule has 0 radical (unpaired) electrons. The molecule has 86 valence electrons. The first-order chi connectivity index (χ1) is 7.06. The molecule has 5 heteroatoms. The quantitative estimate of drug-likeness (QED) is 0.516. The van der Waals surface area contributed by atoms with Crippen LogP contribution in [0.5, 0.6) is 0 Å². The molecule has 0 aromatic rings. The lowest BCUT2D eigenvalue weighted by molar-refractivity contribution is -0.145. The highest BCUT2D eigenvalue weighted by Crippen LogP contribution is 2.01. The molecule has 0 aromatic carbocycles. The Morgan fingerprint density at radius 1 is 1.47 bits per heavy atom. The number of esters is 2. The maximum absolute atomic E-state index is 10.4. The predicted octanol–water partition coefficient (Wildman–Crippen LogP) is 0.852. The second-order valence-corrected chi connectivity index (χ2v) is 3.01. The Morgan fingerprint density at radius 2 is 2.13 bits per heavy atom. The molecule has 0 N–H and O–H groups in total. The minimum absolute atomic E-state index is 0.0463. The third-order valence-corrected chi connectivity index (χ3v) is 1.49. The molecule has 1 aliphatic heterocycles. The number of rotatable bonds is 3. The third kappa shape index (κ3) is 8.93. The lowest BCUT2D eigenvalue weighted by atomic mass is 10.3. The number of carbonyl (C=O) groups is 3. The molecule has 15 heavy (non-hydrogen) atoms. The molecule has 5 nitrogen and oxygen atoms in total. The lowest BCUT2D eigenvalue weighted by Crippen LogP contribution is -2.07. The van der Waals surface area contributed by atoms with Gasteiger partial charge in [0, 0.05) is 6.42 Å². The molecular weight excluding hydrogens is 200 g/mol. The smallest absolute Gasteiger partial charge is 0.313 e. The molecule has 0 aromatic heterocycles. The van der Waals surface area contributed by atoms with Crippen molar-refractivity contribution in [1.82, 2.24) is 0 Å². The Kier molecular flexibility index (Phi) is 7.23. The molecule has 0 spiro atoms. The Labute approximate surface area is 88.7 Å². The van der Waals surface area contributed by atoms with Crippen LogP contribution in [0.15, 0.2) is 0 Å². The van der Waals surface area contributed by atoms with Gasteiger partial charge in [0.1, 0.15) is 12.2 Å². The summed E-state index contributed by atoms with van der Waals surface area (Å²) in [5, 5.41) is 0. The Morgan fingerprint density at radius 3 is 2.40 bits per heavy atom. The number of ketones is 1. The molecule has 1 aliphatic rings. The van der Waals surface area contributed by atoms with Crippen molar-refractivity contribution in [3.05, 3.63) is 0 Å². The van der Waals surface area contributed by atoms with Crippen LogP contribution in [0.2, 0.25) is 0 Å². The van der Waals surface area contributed by atoms with Gasteiger partial charge < -0.3 is 9.47 Å². The zero-order valence-corrected chi connectivity index (χ0v) is 9.08. The molecule has 0 atom stereocenters. The van der Waals surface area contributed by atoms with Crippen molar-refractivity contribution in [3.8, 4) is 0 Å². The molecule has 1 fully saturated rings. The number of cyclic esters (lactones) is 1. The van der Waals surface area contributed by atoms with Crippen molar-refractivity contribution >= 4 is 17.7 Å². The van der Waals surface area contributed by atoms with E-state index in [1.807, 2.05) is 0 Å². The average molecular weight is 216 g/mol. The Balaban J connectivity index is 0.000000280. The number of ether oxygens (including phenoxy) is 2. The summed E-state index contributed by atoms with van der Waals surface area (Å²) in [4.78, 5) is 30.7. The van der Waals surface area contributed by atoms with E-state index >= 15 is 0 Å². The van der Waals surface area contributed by atoms with Crippen LogP contribution in [0.4, 0.5) is 0 Å². The second-order valence-electron chi connectivity index (χ2n) is 3.01. The first-order valence-electron chi connectivity index (χ1n) is 4.87. The van der Waals surface area contributed by atoms with E-state index in [-0.39, 0.29) is 18.2 Å². The van der Waals surface area contributed by atoms with Crippen LogP contribution in [0.25, 0.3) is 0 Å². The highest BCUT2D eigenvalue weighted by Gasteiger charge is 2.08. The van der Waals surface area contributed by atoms with Crippen LogP contribution in [0, 0.1) is 0 Å². The monoisotopic (exact) mass is 216 g/mol. The lowest BCUT2D eigenvalue weighted by Gasteiger charge is -1.96. The average Bonchev–Trinajstić information content (AvgIpc) is 2.56. The Hall–Kier alpha value is -1.39. The van der Waals surface area contributed by atoms with Crippen LogP contribution in [0.3, 0.4) is 0 Å². The summed E-state index contributed by atoms with van der Waals surface area (Å²) in [5.74, 6) is -0.645. The zero-order chi connectivity index (χ0) is 11.7. The van der Waals surface area contributed by atoms with Crippen molar-refractivity contribution in [2.75, 3.05) is 13.2 Å². The van der Waals surface area contributed by atoms with Gasteiger partial charge in [-0.2, -0.15) is 0 Å². The molecule has 0 amide bonds. The SMILES string of the molecule is CCOC(=O)CC(C)=O.O=C1CCCO1. The minimum Gasteiger partial charge on any atom is -0.466 e. The van der Waals surface area contributed by atoms with Crippen LogP contribution < -0.4 is 0 Å². The molecule has 1 rings (SSSR count). The van der Waals surface area contributed by atoms with E-state index in [9.17, 15) is 14.4 Å². The van der Waals surface area contributed by atoms with Crippen molar-refractivity contribution in [3.63, 3.8) is 0 Å². The number of hydrogen-bond donors (Lipinski definition) is 0. The largest absolute Gasteiger partial charge is 0.466 e. The molecular formula is C10H16O5. The van der Waals surface area contributed by atoms with Crippen LogP contribution in [-0.2, 0) is 23.9 Å². The fourth-order valence-electron chi connectivity index (χ4n) is 0.890. The standard InChI is InChI=1S/C6H10O3.C4H6O2/c1-3-9-6(8)4-5(2)7;5-4-2-1-3-6-4/h3-4H2,1-2H3;1-3H2. The van der Waals surface area contributed by atoms with E-state index in [1.54, 1.807) is 6.92 Å². The highest BCUT2D eigenvalue weighted by atomic mass is 16.5. The number of hydrogen-bond acceptors (Lipinski definition) is 5. The van der Waals surface area contributed by atoms with Crippen molar-refractivity contribution < 1.29 is 23.9 Å². The fourth-order valence-corrected chi connectivity index (χ4v) is 0.890. The molecule has 0 saturated carbocycles. The van der Waals surface area contributed by atoms with Crippen LogP contribution in [-0.4, -0.2) is 30.9 Å². The zero-order valence-electron chi connectivity index (χ0n) is 9.08. The molecule has 0 unspecified atom stereocenters. The van der Waals surface area contributed by atoms with Gasteiger partial charge in [0.15, 0.2) is 0 Å². The van der Waals surface area contributed by atoms with Crippen LogP contribution in [0.1, 0.15) is 33.1 Å². The summed E-state index contributed by atoms with van der Waals surface area (Å²) in [6.07, 6.45) is 1.44.